The summed E-state index contributed by atoms with van der Waals surface area (Å²) in [6.45, 7) is 5.87. The molecule has 27 heavy (non-hydrogen) atoms. The predicted molar refractivity (Wildman–Crippen MR) is 104 cm³/mol. The van der Waals surface area contributed by atoms with E-state index in [1.54, 1.807) is 31.2 Å². The van der Waals surface area contributed by atoms with Crippen LogP contribution in [0.1, 0.15) is 33.0 Å². The number of rotatable bonds is 5. The Morgan fingerprint density at radius 2 is 1.81 bits per heavy atom. The van der Waals surface area contributed by atoms with Crippen molar-refractivity contribution in [3.63, 3.8) is 0 Å². The molecule has 2 aromatic carbocycles. The monoisotopic (exact) mass is 364 g/mol. The molecule has 0 aliphatic heterocycles. The normalized spacial score (nSPS) is 10.5. The molecule has 5 nitrogen and oxygen atoms in total. The number of nitrogens with zero attached hydrogens (tertiary/aromatic N) is 2. The number of benzene rings is 2. The van der Waals surface area contributed by atoms with Gasteiger partial charge in [-0.3, -0.25) is 4.79 Å². The second-order valence-electron chi connectivity index (χ2n) is 6.33. The zero-order chi connectivity index (χ0) is 19.4. The van der Waals surface area contributed by atoms with Crippen LogP contribution in [0.2, 0.25) is 0 Å². The highest BCUT2D eigenvalue weighted by atomic mass is 19.1. The van der Waals surface area contributed by atoms with Gasteiger partial charge in [-0.1, -0.05) is 30.3 Å². The van der Waals surface area contributed by atoms with E-state index < -0.39 is 0 Å². The Labute approximate surface area is 157 Å². The highest BCUT2D eigenvalue weighted by Crippen LogP contribution is 2.22. The van der Waals surface area contributed by atoms with Crippen molar-refractivity contribution < 1.29 is 9.18 Å². The van der Waals surface area contributed by atoms with E-state index in [0.29, 0.717) is 17.2 Å². The van der Waals surface area contributed by atoms with E-state index in [2.05, 4.69) is 20.6 Å². The van der Waals surface area contributed by atoms with Crippen LogP contribution < -0.4 is 10.6 Å². The molecular formula is C21H21FN4O. The average Bonchev–Trinajstić information content (AvgIpc) is 2.64. The summed E-state index contributed by atoms with van der Waals surface area (Å²) in [5.74, 6) is 0.273. The quantitative estimate of drug-likeness (QED) is 0.711. The zero-order valence-corrected chi connectivity index (χ0v) is 15.5. The molecule has 138 valence electrons. The SMILES string of the molecule is Cc1nc(Nc2cccc(C)c2C)cc(C(=O)NCc2ccccc2F)n1. The Balaban J connectivity index is 1.77. The summed E-state index contributed by atoms with van der Waals surface area (Å²) < 4.78 is 13.7. The number of carbonyl (C=O) groups excluding carboxylic acids is 1. The summed E-state index contributed by atoms with van der Waals surface area (Å²) in [4.78, 5) is 21.0. The summed E-state index contributed by atoms with van der Waals surface area (Å²) >= 11 is 0. The van der Waals surface area contributed by atoms with Gasteiger partial charge in [-0.15, -0.1) is 0 Å². The summed E-state index contributed by atoms with van der Waals surface area (Å²) in [7, 11) is 0. The minimum atomic E-state index is -0.382. The van der Waals surface area contributed by atoms with Crippen molar-refractivity contribution >= 4 is 17.4 Å². The fourth-order valence-electron chi connectivity index (χ4n) is 2.68. The third kappa shape index (κ3) is 4.47. The van der Waals surface area contributed by atoms with Crippen molar-refractivity contribution in [2.75, 3.05) is 5.32 Å². The van der Waals surface area contributed by atoms with Gasteiger partial charge in [0.25, 0.3) is 5.91 Å². The van der Waals surface area contributed by atoms with Gasteiger partial charge >= 0.3 is 0 Å². The van der Waals surface area contributed by atoms with E-state index in [-0.39, 0.29) is 24.0 Å². The zero-order valence-electron chi connectivity index (χ0n) is 15.5. The number of hydrogen-bond acceptors (Lipinski definition) is 4. The number of hydrogen-bond donors (Lipinski definition) is 2. The Morgan fingerprint density at radius 3 is 2.59 bits per heavy atom. The summed E-state index contributed by atoms with van der Waals surface area (Å²) in [6.07, 6.45) is 0. The van der Waals surface area contributed by atoms with Crippen molar-refractivity contribution in [1.29, 1.82) is 0 Å². The molecule has 1 aromatic heterocycles. The van der Waals surface area contributed by atoms with Crippen molar-refractivity contribution in [3.05, 3.63) is 82.6 Å². The van der Waals surface area contributed by atoms with Crippen LogP contribution in [0.4, 0.5) is 15.9 Å². The second-order valence-corrected chi connectivity index (χ2v) is 6.33. The first-order valence-corrected chi connectivity index (χ1v) is 8.64. The van der Waals surface area contributed by atoms with Gasteiger partial charge in [0.05, 0.1) is 0 Å². The molecule has 0 saturated heterocycles. The summed E-state index contributed by atoms with van der Waals surface area (Å²) in [5, 5.41) is 5.94. The molecule has 0 spiro atoms. The molecule has 0 bridgehead atoms. The van der Waals surface area contributed by atoms with Crippen LogP contribution in [-0.4, -0.2) is 15.9 Å². The molecule has 0 atom stereocenters. The molecule has 3 aromatic rings. The number of nitrogens with one attached hydrogen (secondary N) is 2. The average molecular weight is 364 g/mol. The molecular weight excluding hydrogens is 343 g/mol. The number of halogens is 1. The fraction of sp³-hybridized carbons (Fsp3) is 0.190. The maximum atomic E-state index is 13.7. The molecule has 6 heteroatoms. The van der Waals surface area contributed by atoms with Gasteiger partial charge in [0.2, 0.25) is 0 Å². The predicted octanol–water partition coefficient (Wildman–Crippen LogP) is 4.21. The lowest BCUT2D eigenvalue weighted by Crippen LogP contribution is -2.25. The molecule has 1 amide bonds. The number of aromatic nitrogens is 2. The molecule has 2 N–H and O–H groups in total. The topological polar surface area (TPSA) is 66.9 Å². The summed E-state index contributed by atoms with van der Waals surface area (Å²) in [6, 6.07) is 13.9. The minimum Gasteiger partial charge on any atom is -0.347 e. The van der Waals surface area contributed by atoms with Crippen molar-refractivity contribution in [2.24, 2.45) is 0 Å². The number of aryl methyl sites for hydroxylation is 2. The number of anilines is 2. The molecule has 0 radical (unpaired) electrons. The first-order valence-electron chi connectivity index (χ1n) is 8.64. The van der Waals surface area contributed by atoms with Crippen LogP contribution in [0, 0.1) is 26.6 Å². The molecule has 0 aliphatic rings. The molecule has 3 rings (SSSR count). The van der Waals surface area contributed by atoms with Gasteiger partial charge in [-0.05, 0) is 44.0 Å². The third-order valence-electron chi connectivity index (χ3n) is 4.34. The van der Waals surface area contributed by atoms with Gasteiger partial charge in [0, 0.05) is 23.9 Å². The molecule has 0 fully saturated rings. The molecule has 0 unspecified atom stereocenters. The maximum absolute atomic E-state index is 13.7. The van der Waals surface area contributed by atoms with E-state index >= 15 is 0 Å². The third-order valence-corrected chi connectivity index (χ3v) is 4.34. The molecule has 0 aliphatic carbocycles. The van der Waals surface area contributed by atoms with Crippen LogP contribution in [0.5, 0.6) is 0 Å². The van der Waals surface area contributed by atoms with Crippen molar-refractivity contribution in [1.82, 2.24) is 15.3 Å². The number of amides is 1. The van der Waals surface area contributed by atoms with E-state index in [0.717, 1.165) is 16.8 Å². The Kier molecular flexibility index (Phi) is 5.45. The first kappa shape index (κ1) is 18.5. The van der Waals surface area contributed by atoms with Gasteiger partial charge in [0.15, 0.2) is 0 Å². The van der Waals surface area contributed by atoms with Gasteiger partial charge in [-0.2, -0.15) is 0 Å². The Bertz CT molecular complexity index is 988. The van der Waals surface area contributed by atoms with Crippen LogP contribution in [0.25, 0.3) is 0 Å². The molecule has 1 heterocycles. The van der Waals surface area contributed by atoms with Crippen LogP contribution >= 0.6 is 0 Å². The fourth-order valence-corrected chi connectivity index (χ4v) is 2.68. The van der Waals surface area contributed by atoms with Crippen molar-refractivity contribution in [3.8, 4) is 0 Å². The lowest BCUT2D eigenvalue weighted by atomic mass is 10.1. The van der Waals surface area contributed by atoms with Gasteiger partial charge in [-0.25, -0.2) is 14.4 Å². The highest BCUT2D eigenvalue weighted by Gasteiger charge is 2.12. The first-order chi connectivity index (χ1) is 12.9. The standard InChI is InChI=1S/C21H21FN4O/c1-13-7-6-10-18(14(13)2)26-20-11-19(24-15(3)25-20)21(27)23-12-16-8-4-5-9-17(16)22/h4-11H,12H2,1-3H3,(H,23,27)(H,24,25,26). The largest absolute Gasteiger partial charge is 0.347 e. The van der Waals surface area contributed by atoms with Crippen molar-refractivity contribution in [2.45, 2.75) is 27.3 Å². The van der Waals surface area contributed by atoms with E-state index in [1.165, 1.54) is 6.07 Å². The lowest BCUT2D eigenvalue weighted by molar-refractivity contribution is 0.0945. The maximum Gasteiger partial charge on any atom is 0.270 e. The lowest BCUT2D eigenvalue weighted by Gasteiger charge is -2.12. The van der Waals surface area contributed by atoms with Crippen LogP contribution in [0.15, 0.2) is 48.5 Å². The second kappa shape index (κ2) is 7.95. The van der Waals surface area contributed by atoms with E-state index in [9.17, 15) is 9.18 Å². The van der Waals surface area contributed by atoms with Gasteiger partial charge in [0.1, 0.15) is 23.2 Å². The van der Waals surface area contributed by atoms with E-state index in [1.807, 2.05) is 32.0 Å². The molecule has 0 saturated carbocycles. The Hall–Kier alpha value is -3.28. The van der Waals surface area contributed by atoms with Gasteiger partial charge < -0.3 is 10.6 Å². The highest BCUT2D eigenvalue weighted by molar-refractivity contribution is 5.93. The van der Waals surface area contributed by atoms with Crippen LogP contribution in [0.3, 0.4) is 0 Å². The Morgan fingerprint density at radius 1 is 1.04 bits per heavy atom. The van der Waals surface area contributed by atoms with Crippen LogP contribution in [-0.2, 0) is 6.54 Å². The minimum absolute atomic E-state index is 0.0916. The number of carbonyl (C=O) groups is 1. The smallest absolute Gasteiger partial charge is 0.270 e. The summed E-state index contributed by atoms with van der Waals surface area (Å²) in [5.41, 5.74) is 3.84. The van der Waals surface area contributed by atoms with E-state index in [4.69, 9.17) is 0 Å².